The normalized spacial score (nSPS) is 36.8. The number of nitrogens with one attached hydrogen (secondary N) is 1. The van der Waals surface area contributed by atoms with Crippen LogP contribution < -0.4 is 5.32 Å². The molecule has 0 bridgehead atoms. The van der Waals surface area contributed by atoms with Gasteiger partial charge >= 0.3 is 0 Å². The number of rotatable bonds is 1. The van der Waals surface area contributed by atoms with Crippen molar-refractivity contribution < 1.29 is 5.11 Å². The van der Waals surface area contributed by atoms with Crippen molar-refractivity contribution in [1.29, 1.82) is 0 Å². The van der Waals surface area contributed by atoms with E-state index < -0.39 is 0 Å². The van der Waals surface area contributed by atoms with E-state index in [-0.39, 0.29) is 6.10 Å². The van der Waals surface area contributed by atoms with E-state index in [9.17, 15) is 5.11 Å². The molecule has 1 heterocycles. The molecule has 0 saturated carbocycles. The van der Waals surface area contributed by atoms with Crippen LogP contribution in [0, 0.1) is 5.92 Å². The zero-order chi connectivity index (χ0) is 11.8. The number of aliphatic hydroxyl groups is 1. The predicted octanol–water partition coefficient (Wildman–Crippen LogP) is 2.42. The van der Waals surface area contributed by atoms with Gasteiger partial charge in [-0.1, -0.05) is 30.7 Å². The summed E-state index contributed by atoms with van der Waals surface area (Å²) < 4.78 is 0. The number of aliphatic hydroxyl groups excluding tert-OH is 1. The Morgan fingerprint density at radius 1 is 1.24 bits per heavy atom. The van der Waals surface area contributed by atoms with Crippen LogP contribution in [0.3, 0.4) is 0 Å². The molecule has 1 aromatic carbocycles. The lowest BCUT2D eigenvalue weighted by molar-refractivity contribution is 0.0850. The van der Waals surface area contributed by atoms with Crippen LogP contribution in [0.2, 0.25) is 0 Å². The Balaban J connectivity index is 1.79. The Kier molecular flexibility index (Phi) is 2.93. The van der Waals surface area contributed by atoms with Gasteiger partial charge in [0.15, 0.2) is 0 Å². The third kappa shape index (κ3) is 2.00. The summed E-state index contributed by atoms with van der Waals surface area (Å²) in [7, 11) is 0. The number of benzene rings is 1. The van der Waals surface area contributed by atoms with Crippen molar-refractivity contribution in [1.82, 2.24) is 5.32 Å². The summed E-state index contributed by atoms with van der Waals surface area (Å²) in [6.07, 6.45) is 4.53. The van der Waals surface area contributed by atoms with Crippen LogP contribution in [0.15, 0.2) is 24.3 Å². The van der Waals surface area contributed by atoms with Gasteiger partial charge in [-0.3, -0.25) is 0 Å². The summed E-state index contributed by atoms with van der Waals surface area (Å²) in [4.78, 5) is 0. The minimum Gasteiger partial charge on any atom is -0.388 e. The summed E-state index contributed by atoms with van der Waals surface area (Å²) in [6, 6.07) is 9.43. The first kappa shape index (κ1) is 11.2. The van der Waals surface area contributed by atoms with Crippen LogP contribution in [0.4, 0.5) is 0 Å². The minimum absolute atomic E-state index is 0.269. The highest BCUT2D eigenvalue weighted by molar-refractivity contribution is 5.35. The van der Waals surface area contributed by atoms with Gasteiger partial charge in [0.1, 0.15) is 0 Å². The maximum Gasteiger partial charge on any atom is 0.0838 e. The fourth-order valence-electron chi connectivity index (χ4n) is 3.48. The molecule has 2 heteroatoms. The van der Waals surface area contributed by atoms with E-state index >= 15 is 0 Å². The Bertz CT molecular complexity index is 404. The molecule has 17 heavy (non-hydrogen) atoms. The van der Waals surface area contributed by atoms with Crippen LogP contribution in [0.5, 0.6) is 0 Å². The van der Waals surface area contributed by atoms with Crippen LogP contribution in [-0.4, -0.2) is 17.2 Å². The van der Waals surface area contributed by atoms with Gasteiger partial charge in [0.25, 0.3) is 0 Å². The van der Waals surface area contributed by atoms with E-state index in [0.717, 1.165) is 12.0 Å². The van der Waals surface area contributed by atoms with Crippen LogP contribution in [-0.2, 0) is 6.42 Å². The lowest BCUT2D eigenvalue weighted by Gasteiger charge is -2.34. The molecule has 0 spiro atoms. The largest absolute Gasteiger partial charge is 0.388 e. The molecule has 0 amide bonds. The van der Waals surface area contributed by atoms with Crippen LogP contribution >= 0.6 is 0 Å². The first-order valence-electron chi connectivity index (χ1n) is 6.77. The van der Waals surface area contributed by atoms with Crippen molar-refractivity contribution in [3.8, 4) is 0 Å². The maximum absolute atomic E-state index is 10.4. The predicted molar refractivity (Wildman–Crippen MR) is 68.8 cm³/mol. The van der Waals surface area contributed by atoms with Crippen molar-refractivity contribution in [3.63, 3.8) is 0 Å². The lowest BCUT2D eigenvalue weighted by atomic mass is 9.86. The van der Waals surface area contributed by atoms with Crippen LogP contribution in [0.25, 0.3) is 0 Å². The highest BCUT2D eigenvalue weighted by Gasteiger charge is 2.37. The molecule has 0 radical (unpaired) electrons. The SMILES string of the molecule is CC1CCCC(C2Cc3ccccc3C2O)N1. The maximum atomic E-state index is 10.4. The Morgan fingerprint density at radius 3 is 2.82 bits per heavy atom. The molecule has 1 aromatic rings. The van der Waals surface area contributed by atoms with Crippen molar-refractivity contribution in [2.45, 2.75) is 50.8 Å². The molecule has 3 rings (SSSR count). The van der Waals surface area contributed by atoms with Gasteiger partial charge in [-0.25, -0.2) is 0 Å². The second kappa shape index (κ2) is 4.43. The number of fused-ring (bicyclic) bond motifs is 1. The average molecular weight is 231 g/mol. The van der Waals surface area contributed by atoms with Gasteiger partial charge in [-0.2, -0.15) is 0 Å². The fraction of sp³-hybridized carbons (Fsp3) is 0.600. The number of hydrogen-bond acceptors (Lipinski definition) is 2. The molecular formula is C15H21NO. The summed E-state index contributed by atoms with van der Waals surface area (Å²) >= 11 is 0. The summed E-state index contributed by atoms with van der Waals surface area (Å²) in [5, 5.41) is 14.1. The molecule has 92 valence electrons. The zero-order valence-corrected chi connectivity index (χ0v) is 10.4. The third-order valence-electron chi connectivity index (χ3n) is 4.40. The van der Waals surface area contributed by atoms with E-state index in [1.165, 1.54) is 24.8 Å². The van der Waals surface area contributed by atoms with Crippen molar-refractivity contribution in [2.75, 3.05) is 0 Å². The fourth-order valence-corrected chi connectivity index (χ4v) is 3.48. The molecule has 2 aliphatic rings. The van der Waals surface area contributed by atoms with Gasteiger partial charge in [-0.05, 0) is 37.3 Å². The van der Waals surface area contributed by atoms with E-state index in [4.69, 9.17) is 0 Å². The third-order valence-corrected chi connectivity index (χ3v) is 4.40. The molecule has 4 unspecified atom stereocenters. The highest BCUT2D eigenvalue weighted by atomic mass is 16.3. The molecule has 4 atom stereocenters. The Labute approximate surface area is 103 Å². The van der Waals surface area contributed by atoms with Gasteiger partial charge < -0.3 is 10.4 Å². The van der Waals surface area contributed by atoms with Gasteiger partial charge in [-0.15, -0.1) is 0 Å². The summed E-state index contributed by atoms with van der Waals surface area (Å²) in [5.74, 6) is 0.371. The second-order valence-corrected chi connectivity index (χ2v) is 5.62. The van der Waals surface area contributed by atoms with Gasteiger partial charge in [0.2, 0.25) is 0 Å². The van der Waals surface area contributed by atoms with E-state index in [0.29, 0.717) is 18.0 Å². The quantitative estimate of drug-likeness (QED) is 0.778. The smallest absolute Gasteiger partial charge is 0.0838 e. The van der Waals surface area contributed by atoms with Gasteiger partial charge in [0, 0.05) is 18.0 Å². The molecule has 1 fully saturated rings. The highest BCUT2D eigenvalue weighted by Crippen LogP contribution is 2.39. The van der Waals surface area contributed by atoms with Crippen molar-refractivity contribution in [3.05, 3.63) is 35.4 Å². The molecule has 1 aliphatic heterocycles. The summed E-state index contributed by atoms with van der Waals surface area (Å²) in [6.45, 7) is 2.25. The standard InChI is InChI=1S/C15H21NO/c1-10-5-4-8-14(16-10)13-9-11-6-2-3-7-12(11)15(13)17/h2-3,6-7,10,13-17H,4-5,8-9H2,1H3. The molecule has 0 aromatic heterocycles. The topological polar surface area (TPSA) is 32.3 Å². The molecule has 1 saturated heterocycles. The van der Waals surface area contributed by atoms with E-state index in [1.54, 1.807) is 0 Å². The zero-order valence-electron chi connectivity index (χ0n) is 10.4. The lowest BCUT2D eigenvalue weighted by Crippen LogP contribution is -2.46. The minimum atomic E-state index is -0.269. The van der Waals surface area contributed by atoms with Crippen molar-refractivity contribution >= 4 is 0 Å². The second-order valence-electron chi connectivity index (χ2n) is 5.62. The molecule has 2 nitrogen and oxygen atoms in total. The molecule has 2 N–H and O–H groups in total. The van der Waals surface area contributed by atoms with Gasteiger partial charge in [0.05, 0.1) is 6.10 Å². The first-order valence-corrected chi connectivity index (χ1v) is 6.77. The Morgan fingerprint density at radius 2 is 2.06 bits per heavy atom. The monoisotopic (exact) mass is 231 g/mol. The first-order chi connectivity index (χ1) is 8.25. The average Bonchev–Trinajstić information content (AvgIpc) is 2.68. The molecule has 1 aliphatic carbocycles. The van der Waals surface area contributed by atoms with E-state index in [2.05, 4.69) is 30.4 Å². The number of hydrogen-bond donors (Lipinski definition) is 2. The summed E-state index contributed by atoms with van der Waals surface area (Å²) in [5.41, 5.74) is 2.49. The van der Waals surface area contributed by atoms with Crippen LogP contribution in [0.1, 0.15) is 43.4 Å². The Hall–Kier alpha value is -0.860. The molecular weight excluding hydrogens is 210 g/mol. The van der Waals surface area contributed by atoms with Crippen molar-refractivity contribution in [2.24, 2.45) is 5.92 Å². The number of piperidine rings is 1. The van der Waals surface area contributed by atoms with E-state index in [1.807, 2.05) is 6.07 Å².